The number of anilines is 1. The number of hydrogen-bond acceptors (Lipinski definition) is 3. The SMILES string of the molecule is Cc1c(-c2ccc(Br)cc2Br)noc1N. The Morgan fingerprint density at radius 3 is 2.60 bits per heavy atom. The molecule has 5 heteroatoms. The molecule has 1 aromatic heterocycles. The van der Waals surface area contributed by atoms with Gasteiger partial charge in [-0.3, -0.25) is 0 Å². The fourth-order valence-electron chi connectivity index (χ4n) is 1.28. The molecule has 0 fully saturated rings. The summed E-state index contributed by atoms with van der Waals surface area (Å²) in [6.07, 6.45) is 0. The molecule has 0 saturated carbocycles. The van der Waals surface area contributed by atoms with Gasteiger partial charge in [0.05, 0.1) is 0 Å². The zero-order chi connectivity index (χ0) is 11.0. The summed E-state index contributed by atoms with van der Waals surface area (Å²) in [5.74, 6) is 0.361. The fraction of sp³-hybridized carbons (Fsp3) is 0.100. The van der Waals surface area contributed by atoms with Crippen LogP contribution >= 0.6 is 31.9 Å². The molecule has 2 rings (SSSR count). The van der Waals surface area contributed by atoms with Crippen LogP contribution in [-0.4, -0.2) is 5.16 Å². The van der Waals surface area contributed by atoms with E-state index in [1.165, 1.54) is 0 Å². The van der Waals surface area contributed by atoms with Gasteiger partial charge < -0.3 is 10.3 Å². The maximum atomic E-state index is 5.60. The number of nitrogens with zero attached hydrogens (tertiary/aromatic N) is 1. The Hall–Kier alpha value is -0.810. The molecule has 0 aliphatic heterocycles. The lowest BCUT2D eigenvalue weighted by molar-refractivity contribution is 0.439. The normalized spacial score (nSPS) is 10.6. The molecule has 0 bridgehead atoms. The lowest BCUT2D eigenvalue weighted by Gasteiger charge is -2.01. The lowest BCUT2D eigenvalue weighted by Crippen LogP contribution is -1.86. The molecule has 2 aromatic rings. The molecule has 78 valence electrons. The summed E-state index contributed by atoms with van der Waals surface area (Å²) in [5.41, 5.74) is 8.20. The van der Waals surface area contributed by atoms with E-state index < -0.39 is 0 Å². The summed E-state index contributed by atoms with van der Waals surface area (Å²) < 4.78 is 6.89. The standard InChI is InChI=1S/C10H8Br2N2O/c1-5-9(14-15-10(5)13)7-3-2-6(11)4-8(7)12/h2-4H,13H2,1H3. The number of hydrogen-bond donors (Lipinski definition) is 1. The number of rotatable bonds is 1. The minimum Gasteiger partial charge on any atom is -0.367 e. The number of nitrogens with two attached hydrogens (primary N) is 1. The van der Waals surface area contributed by atoms with Crippen LogP contribution < -0.4 is 5.73 Å². The monoisotopic (exact) mass is 330 g/mol. The van der Waals surface area contributed by atoms with Gasteiger partial charge in [-0.05, 0) is 19.1 Å². The van der Waals surface area contributed by atoms with Crippen LogP contribution in [0.25, 0.3) is 11.3 Å². The van der Waals surface area contributed by atoms with Gasteiger partial charge in [-0.25, -0.2) is 0 Å². The molecule has 0 radical (unpaired) electrons. The predicted octanol–water partition coefficient (Wildman–Crippen LogP) is 3.76. The van der Waals surface area contributed by atoms with E-state index in [9.17, 15) is 0 Å². The van der Waals surface area contributed by atoms with Crippen LogP contribution in [0, 0.1) is 6.92 Å². The fourth-order valence-corrected chi connectivity index (χ4v) is 2.52. The van der Waals surface area contributed by atoms with E-state index in [-0.39, 0.29) is 0 Å². The third-order valence-corrected chi connectivity index (χ3v) is 3.30. The van der Waals surface area contributed by atoms with Crippen molar-refractivity contribution in [3.63, 3.8) is 0 Å². The van der Waals surface area contributed by atoms with Crippen molar-refractivity contribution in [1.82, 2.24) is 5.16 Å². The van der Waals surface area contributed by atoms with Crippen LogP contribution in [0.2, 0.25) is 0 Å². The Morgan fingerprint density at radius 1 is 1.33 bits per heavy atom. The van der Waals surface area contributed by atoms with E-state index in [0.717, 1.165) is 25.8 Å². The first-order valence-corrected chi connectivity index (χ1v) is 5.85. The van der Waals surface area contributed by atoms with Crippen molar-refractivity contribution in [2.75, 3.05) is 5.73 Å². The largest absolute Gasteiger partial charge is 0.367 e. The molecule has 0 spiro atoms. The second-order valence-corrected chi connectivity index (χ2v) is 4.91. The minimum atomic E-state index is 0.361. The number of halogens is 2. The van der Waals surface area contributed by atoms with Crippen LogP contribution in [0.15, 0.2) is 31.7 Å². The Balaban J connectivity index is 2.59. The molecule has 1 aromatic carbocycles. The molecule has 0 atom stereocenters. The highest BCUT2D eigenvalue weighted by Gasteiger charge is 2.13. The topological polar surface area (TPSA) is 52.0 Å². The molecule has 15 heavy (non-hydrogen) atoms. The van der Waals surface area contributed by atoms with Crippen molar-refractivity contribution in [2.45, 2.75) is 6.92 Å². The summed E-state index contributed by atoms with van der Waals surface area (Å²) >= 11 is 6.87. The highest BCUT2D eigenvalue weighted by molar-refractivity contribution is 9.11. The van der Waals surface area contributed by atoms with Crippen LogP contribution in [-0.2, 0) is 0 Å². The molecule has 0 amide bonds. The molecule has 1 heterocycles. The van der Waals surface area contributed by atoms with Crippen molar-refractivity contribution >= 4 is 37.7 Å². The zero-order valence-corrected chi connectivity index (χ0v) is 11.1. The smallest absolute Gasteiger partial charge is 0.225 e. The van der Waals surface area contributed by atoms with Crippen molar-refractivity contribution in [2.24, 2.45) is 0 Å². The number of benzene rings is 1. The molecule has 0 aliphatic carbocycles. The third-order valence-electron chi connectivity index (χ3n) is 2.15. The highest BCUT2D eigenvalue weighted by Crippen LogP contribution is 2.33. The molecule has 3 nitrogen and oxygen atoms in total. The highest BCUT2D eigenvalue weighted by atomic mass is 79.9. The Kier molecular flexibility index (Phi) is 2.84. The zero-order valence-electron chi connectivity index (χ0n) is 7.92. The van der Waals surface area contributed by atoms with Crippen LogP contribution in [0.5, 0.6) is 0 Å². The van der Waals surface area contributed by atoms with Crippen molar-refractivity contribution in [1.29, 1.82) is 0 Å². The maximum absolute atomic E-state index is 5.60. The Morgan fingerprint density at radius 2 is 2.07 bits per heavy atom. The van der Waals surface area contributed by atoms with Gasteiger partial charge in [0, 0.05) is 20.1 Å². The molecule has 0 unspecified atom stereocenters. The maximum Gasteiger partial charge on any atom is 0.225 e. The molecule has 2 N–H and O–H groups in total. The first kappa shape index (κ1) is 10.7. The lowest BCUT2D eigenvalue weighted by atomic mass is 10.1. The second kappa shape index (κ2) is 3.98. The van der Waals surface area contributed by atoms with Gasteiger partial charge in [-0.15, -0.1) is 0 Å². The van der Waals surface area contributed by atoms with Gasteiger partial charge >= 0.3 is 0 Å². The number of nitrogen functional groups attached to an aromatic ring is 1. The summed E-state index contributed by atoms with van der Waals surface area (Å²) in [5, 5.41) is 3.93. The van der Waals surface area contributed by atoms with Gasteiger partial charge in [-0.1, -0.05) is 43.1 Å². The van der Waals surface area contributed by atoms with Gasteiger partial charge in [0.2, 0.25) is 5.88 Å². The van der Waals surface area contributed by atoms with E-state index in [1.807, 2.05) is 25.1 Å². The summed E-state index contributed by atoms with van der Waals surface area (Å²) in [7, 11) is 0. The van der Waals surface area contributed by atoms with E-state index in [1.54, 1.807) is 0 Å². The quantitative estimate of drug-likeness (QED) is 0.865. The van der Waals surface area contributed by atoms with E-state index in [4.69, 9.17) is 10.3 Å². The first-order valence-electron chi connectivity index (χ1n) is 4.26. The molecular weight excluding hydrogens is 324 g/mol. The van der Waals surface area contributed by atoms with Crippen molar-refractivity contribution in [3.8, 4) is 11.3 Å². The van der Waals surface area contributed by atoms with Gasteiger partial charge in [0.25, 0.3) is 0 Å². The van der Waals surface area contributed by atoms with Crippen LogP contribution in [0.1, 0.15) is 5.56 Å². The van der Waals surface area contributed by atoms with Crippen molar-refractivity contribution < 1.29 is 4.52 Å². The average Bonchev–Trinajstić information content (AvgIpc) is 2.49. The molecular formula is C10H8Br2N2O. The summed E-state index contributed by atoms with van der Waals surface area (Å²) in [6.45, 7) is 1.88. The second-order valence-electron chi connectivity index (χ2n) is 3.14. The van der Waals surface area contributed by atoms with Gasteiger partial charge in [0.15, 0.2) is 0 Å². The van der Waals surface area contributed by atoms with E-state index in [2.05, 4.69) is 37.0 Å². The summed E-state index contributed by atoms with van der Waals surface area (Å²) in [6, 6.07) is 5.86. The van der Waals surface area contributed by atoms with Gasteiger partial charge in [0.1, 0.15) is 5.69 Å². The number of aromatic nitrogens is 1. The van der Waals surface area contributed by atoms with Gasteiger partial charge in [-0.2, -0.15) is 0 Å². The van der Waals surface area contributed by atoms with Crippen LogP contribution in [0.3, 0.4) is 0 Å². The predicted molar refractivity (Wildman–Crippen MR) is 66.5 cm³/mol. The molecule has 0 aliphatic rings. The third kappa shape index (κ3) is 1.94. The van der Waals surface area contributed by atoms with E-state index >= 15 is 0 Å². The van der Waals surface area contributed by atoms with E-state index in [0.29, 0.717) is 5.88 Å². The van der Waals surface area contributed by atoms with Crippen LogP contribution in [0.4, 0.5) is 5.88 Å². The van der Waals surface area contributed by atoms with Crippen molar-refractivity contribution in [3.05, 3.63) is 32.7 Å². The Labute approximate surface area is 104 Å². The average molecular weight is 332 g/mol. The Bertz CT molecular complexity index is 508. The minimum absolute atomic E-state index is 0.361. The summed E-state index contributed by atoms with van der Waals surface area (Å²) in [4.78, 5) is 0. The first-order chi connectivity index (χ1) is 7.09. The molecule has 0 saturated heterocycles.